The molecule has 1 heterocycles. The van der Waals surface area contributed by atoms with E-state index in [0.717, 1.165) is 43.9 Å². The van der Waals surface area contributed by atoms with Crippen LogP contribution < -0.4 is 20.9 Å². The number of nitrogens with one attached hydrogen (secondary N) is 3. The highest BCUT2D eigenvalue weighted by Gasteiger charge is 2.19. The fourth-order valence-corrected chi connectivity index (χ4v) is 4.66. The van der Waals surface area contributed by atoms with Crippen molar-refractivity contribution in [1.29, 1.82) is 0 Å². The number of benzene rings is 3. The van der Waals surface area contributed by atoms with Crippen LogP contribution in [-0.2, 0) is 6.42 Å². The van der Waals surface area contributed by atoms with Gasteiger partial charge in [-0.3, -0.25) is 9.59 Å². The molecule has 0 aromatic heterocycles. The molecule has 0 bridgehead atoms. The van der Waals surface area contributed by atoms with Gasteiger partial charge in [0.05, 0.1) is 11.4 Å². The Hall–Kier alpha value is -2.77. The molecule has 1 fully saturated rings. The summed E-state index contributed by atoms with van der Waals surface area (Å²) in [7, 11) is 0. The number of carbonyl (C=O) groups is 2. The van der Waals surface area contributed by atoms with Crippen molar-refractivity contribution in [1.82, 2.24) is 10.6 Å². The van der Waals surface area contributed by atoms with Crippen LogP contribution in [0, 0.1) is 0 Å². The zero-order valence-electron chi connectivity index (χ0n) is 19.6. The van der Waals surface area contributed by atoms with Crippen molar-refractivity contribution in [3.8, 4) is 0 Å². The van der Waals surface area contributed by atoms with Gasteiger partial charge >= 0.3 is 0 Å². The Morgan fingerprint density at radius 1 is 0.889 bits per heavy atom. The summed E-state index contributed by atoms with van der Waals surface area (Å²) < 4.78 is 0. The van der Waals surface area contributed by atoms with E-state index in [9.17, 15) is 9.59 Å². The van der Waals surface area contributed by atoms with Crippen LogP contribution in [0.4, 0.5) is 11.4 Å². The average Bonchev–Trinajstić information content (AvgIpc) is 3.15. The van der Waals surface area contributed by atoms with Gasteiger partial charge in [0.1, 0.15) is 5.50 Å². The Labute approximate surface area is 225 Å². The first kappa shape index (κ1) is 26.3. The lowest BCUT2D eigenvalue weighted by atomic mass is 10.1. The third-order valence-corrected chi connectivity index (χ3v) is 6.64. The molecular formula is C27H27Cl3N4O2. The molecule has 6 nitrogen and oxygen atoms in total. The molecule has 188 valence electrons. The monoisotopic (exact) mass is 544 g/mol. The molecule has 0 aliphatic carbocycles. The summed E-state index contributed by atoms with van der Waals surface area (Å²) in [6.07, 6.45) is 1.42. The molecule has 2 amide bonds. The fourth-order valence-electron chi connectivity index (χ4n) is 4.07. The van der Waals surface area contributed by atoms with Gasteiger partial charge in [-0.15, -0.1) is 0 Å². The van der Waals surface area contributed by atoms with Crippen molar-refractivity contribution in [2.75, 3.05) is 36.4 Å². The van der Waals surface area contributed by atoms with E-state index in [1.165, 1.54) is 0 Å². The molecule has 36 heavy (non-hydrogen) atoms. The number of amides is 2. The normalized spacial score (nSPS) is 14.6. The fraction of sp³-hybridized carbons (Fsp3) is 0.259. The van der Waals surface area contributed by atoms with Gasteiger partial charge in [0.2, 0.25) is 0 Å². The van der Waals surface area contributed by atoms with E-state index < -0.39 is 5.50 Å². The maximum absolute atomic E-state index is 13.0. The molecule has 1 aliphatic rings. The Morgan fingerprint density at radius 3 is 2.44 bits per heavy atom. The summed E-state index contributed by atoms with van der Waals surface area (Å²) in [6, 6.07) is 19.4. The van der Waals surface area contributed by atoms with Crippen molar-refractivity contribution in [3.63, 3.8) is 0 Å². The lowest BCUT2D eigenvalue weighted by Crippen LogP contribution is -2.33. The molecule has 1 unspecified atom stereocenters. The first-order valence-corrected chi connectivity index (χ1v) is 12.9. The van der Waals surface area contributed by atoms with Crippen molar-refractivity contribution >= 4 is 58.0 Å². The molecule has 1 atom stereocenters. The number of hydrogen-bond donors (Lipinski definition) is 3. The van der Waals surface area contributed by atoms with Crippen LogP contribution in [0.3, 0.4) is 0 Å². The standard InChI is InChI=1S/C27H27Cl3N4O2/c28-21-8-5-18(6-9-21)15-25(30)33-27(36)20-7-10-24(34-13-2-11-31-12-14-34)23(17-20)32-26(35)19-3-1-4-22(29)16-19/h1,3-10,16-17,25,31H,2,11-15H2,(H,32,35)(H,33,36). The minimum Gasteiger partial charge on any atom is -0.369 e. The highest BCUT2D eigenvalue weighted by atomic mass is 35.5. The third kappa shape index (κ3) is 7.14. The summed E-state index contributed by atoms with van der Waals surface area (Å²) in [5.74, 6) is -0.631. The molecular weight excluding hydrogens is 519 g/mol. The topological polar surface area (TPSA) is 73.5 Å². The lowest BCUT2D eigenvalue weighted by Gasteiger charge is -2.26. The van der Waals surface area contributed by atoms with Crippen LogP contribution in [0.1, 0.15) is 32.7 Å². The maximum atomic E-state index is 13.0. The van der Waals surface area contributed by atoms with Gasteiger partial charge in [0.25, 0.3) is 11.8 Å². The van der Waals surface area contributed by atoms with Crippen molar-refractivity contribution in [2.45, 2.75) is 18.3 Å². The van der Waals surface area contributed by atoms with Gasteiger partial charge in [0, 0.05) is 47.2 Å². The average molecular weight is 546 g/mol. The summed E-state index contributed by atoms with van der Waals surface area (Å²) in [5.41, 5.74) is 2.59. The van der Waals surface area contributed by atoms with Crippen LogP contribution in [0.25, 0.3) is 0 Å². The first-order valence-electron chi connectivity index (χ1n) is 11.7. The highest BCUT2D eigenvalue weighted by molar-refractivity contribution is 6.31. The Balaban J connectivity index is 1.55. The number of rotatable bonds is 7. The molecule has 3 N–H and O–H groups in total. The molecule has 4 rings (SSSR count). The molecule has 3 aromatic carbocycles. The number of carbonyl (C=O) groups excluding carboxylic acids is 2. The van der Waals surface area contributed by atoms with E-state index in [-0.39, 0.29) is 11.8 Å². The van der Waals surface area contributed by atoms with Crippen LogP contribution in [0.5, 0.6) is 0 Å². The smallest absolute Gasteiger partial charge is 0.255 e. The SMILES string of the molecule is O=C(Nc1cc(C(=O)NC(Cl)Cc2ccc(Cl)cc2)ccc1N1CCCNCC1)c1cccc(Cl)c1. The predicted molar refractivity (Wildman–Crippen MR) is 148 cm³/mol. The van der Waals surface area contributed by atoms with Crippen molar-refractivity contribution < 1.29 is 9.59 Å². The highest BCUT2D eigenvalue weighted by Crippen LogP contribution is 2.29. The van der Waals surface area contributed by atoms with Gasteiger partial charge in [-0.1, -0.05) is 53.0 Å². The van der Waals surface area contributed by atoms with Crippen LogP contribution in [-0.4, -0.2) is 43.5 Å². The molecule has 0 radical (unpaired) electrons. The second-order valence-electron chi connectivity index (χ2n) is 8.56. The van der Waals surface area contributed by atoms with Crippen LogP contribution in [0.2, 0.25) is 10.0 Å². The zero-order valence-corrected chi connectivity index (χ0v) is 21.8. The predicted octanol–water partition coefficient (Wildman–Crippen LogP) is 5.58. The van der Waals surface area contributed by atoms with Gasteiger partial charge in [-0.2, -0.15) is 0 Å². The molecule has 3 aromatic rings. The number of anilines is 2. The van der Waals surface area contributed by atoms with Gasteiger partial charge in [-0.05, 0) is 67.1 Å². The largest absolute Gasteiger partial charge is 0.369 e. The minimum absolute atomic E-state index is 0.304. The van der Waals surface area contributed by atoms with Gasteiger partial charge < -0.3 is 20.9 Å². The van der Waals surface area contributed by atoms with E-state index in [1.54, 1.807) is 48.5 Å². The second kappa shape index (κ2) is 12.5. The molecule has 9 heteroatoms. The molecule has 0 saturated carbocycles. The molecule has 0 spiro atoms. The first-order chi connectivity index (χ1) is 17.4. The Bertz CT molecular complexity index is 1210. The van der Waals surface area contributed by atoms with E-state index in [0.29, 0.717) is 33.3 Å². The van der Waals surface area contributed by atoms with Crippen LogP contribution in [0.15, 0.2) is 66.7 Å². The number of hydrogen-bond acceptors (Lipinski definition) is 4. The summed E-state index contributed by atoms with van der Waals surface area (Å²) in [4.78, 5) is 28.3. The molecule has 1 aliphatic heterocycles. The summed E-state index contributed by atoms with van der Waals surface area (Å²) in [5, 5.41) is 10.3. The van der Waals surface area contributed by atoms with E-state index >= 15 is 0 Å². The molecule has 1 saturated heterocycles. The summed E-state index contributed by atoms with van der Waals surface area (Å²) in [6.45, 7) is 3.40. The zero-order chi connectivity index (χ0) is 25.5. The van der Waals surface area contributed by atoms with E-state index in [4.69, 9.17) is 34.8 Å². The van der Waals surface area contributed by atoms with Gasteiger partial charge in [-0.25, -0.2) is 0 Å². The Kier molecular flexibility index (Phi) is 9.10. The van der Waals surface area contributed by atoms with Gasteiger partial charge in [0.15, 0.2) is 0 Å². The minimum atomic E-state index is -0.612. The van der Waals surface area contributed by atoms with Crippen molar-refractivity contribution in [2.24, 2.45) is 0 Å². The van der Waals surface area contributed by atoms with Crippen LogP contribution >= 0.6 is 34.8 Å². The quantitative estimate of drug-likeness (QED) is 0.268. The third-order valence-electron chi connectivity index (χ3n) is 5.89. The summed E-state index contributed by atoms with van der Waals surface area (Å²) >= 11 is 18.4. The maximum Gasteiger partial charge on any atom is 0.255 e. The number of halogens is 3. The van der Waals surface area contributed by atoms with Crippen molar-refractivity contribution in [3.05, 3.63) is 93.5 Å². The lowest BCUT2D eigenvalue weighted by molar-refractivity contribution is 0.0947. The number of nitrogens with zero attached hydrogens (tertiary/aromatic N) is 1. The number of alkyl halides is 1. The van der Waals surface area contributed by atoms with E-state index in [2.05, 4.69) is 20.9 Å². The van der Waals surface area contributed by atoms with E-state index in [1.807, 2.05) is 18.2 Å². The second-order valence-corrected chi connectivity index (χ2v) is 9.96. The Morgan fingerprint density at radius 2 is 1.67 bits per heavy atom.